The van der Waals surface area contributed by atoms with Gasteiger partial charge < -0.3 is 10.2 Å². The highest BCUT2D eigenvalue weighted by molar-refractivity contribution is 5.58. The maximum atomic E-state index is 4.28. The van der Waals surface area contributed by atoms with E-state index in [2.05, 4.69) is 31.3 Å². The molecular formula is C13H19N5. The highest BCUT2D eigenvalue weighted by Gasteiger charge is 2.02. The Bertz CT molecular complexity index is 413. The molecule has 0 amide bonds. The topological polar surface area (TPSA) is 53.4 Å². The summed E-state index contributed by atoms with van der Waals surface area (Å²) in [4.78, 5) is 14.7. The predicted octanol–water partition coefficient (Wildman–Crippen LogP) is 1.20. The van der Waals surface area contributed by atoms with E-state index < -0.39 is 0 Å². The summed E-state index contributed by atoms with van der Waals surface area (Å²) >= 11 is 0. The largest absolute Gasteiger partial charge is 0.359 e. The third-order valence-corrected chi connectivity index (χ3v) is 2.77. The van der Waals surface area contributed by atoms with Crippen LogP contribution in [0.15, 0.2) is 35.4 Å². The van der Waals surface area contributed by atoms with Crippen LogP contribution in [0.25, 0.3) is 0 Å². The van der Waals surface area contributed by atoms with Gasteiger partial charge in [-0.1, -0.05) is 0 Å². The number of aromatic nitrogens is 2. The zero-order chi connectivity index (χ0) is 12.6. The second kappa shape index (κ2) is 6.86. The van der Waals surface area contributed by atoms with Crippen LogP contribution < -0.4 is 5.32 Å². The van der Waals surface area contributed by atoms with E-state index in [1.54, 1.807) is 18.6 Å². The molecule has 0 aliphatic carbocycles. The summed E-state index contributed by atoms with van der Waals surface area (Å²) < 4.78 is 0. The van der Waals surface area contributed by atoms with Crippen LogP contribution >= 0.6 is 0 Å². The lowest BCUT2D eigenvalue weighted by molar-refractivity contribution is 0.445. The Labute approximate surface area is 108 Å². The molecule has 0 bridgehead atoms. The van der Waals surface area contributed by atoms with Crippen LogP contribution in [-0.2, 0) is 6.54 Å². The van der Waals surface area contributed by atoms with Crippen molar-refractivity contribution in [2.75, 3.05) is 19.6 Å². The molecule has 0 radical (unpaired) electrons. The summed E-state index contributed by atoms with van der Waals surface area (Å²) in [6, 6.07) is 0. The second-order valence-electron chi connectivity index (χ2n) is 4.31. The molecule has 1 N–H and O–H groups in total. The number of rotatable bonds is 6. The van der Waals surface area contributed by atoms with Gasteiger partial charge in [0.1, 0.15) is 0 Å². The molecule has 2 rings (SSSR count). The first kappa shape index (κ1) is 12.7. The molecule has 1 aromatic rings. The van der Waals surface area contributed by atoms with Crippen molar-refractivity contribution in [1.29, 1.82) is 0 Å². The first-order chi connectivity index (χ1) is 8.84. The van der Waals surface area contributed by atoms with E-state index in [0.717, 1.165) is 44.0 Å². The van der Waals surface area contributed by atoms with Gasteiger partial charge in [0, 0.05) is 43.9 Å². The highest BCUT2D eigenvalue weighted by atomic mass is 15.2. The zero-order valence-electron chi connectivity index (χ0n) is 10.7. The van der Waals surface area contributed by atoms with Gasteiger partial charge in [0.05, 0.1) is 12.0 Å². The monoisotopic (exact) mass is 245 g/mol. The zero-order valence-corrected chi connectivity index (χ0v) is 10.7. The van der Waals surface area contributed by atoms with Gasteiger partial charge in [0.25, 0.3) is 0 Å². The van der Waals surface area contributed by atoms with Crippen molar-refractivity contribution in [3.05, 3.63) is 36.1 Å². The fourth-order valence-corrected chi connectivity index (χ4v) is 1.72. The fraction of sp³-hybridized carbons (Fsp3) is 0.462. The van der Waals surface area contributed by atoms with Gasteiger partial charge >= 0.3 is 0 Å². The minimum absolute atomic E-state index is 0.779. The molecular weight excluding hydrogens is 226 g/mol. The van der Waals surface area contributed by atoms with Gasteiger partial charge in [-0.15, -0.1) is 0 Å². The van der Waals surface area contributed by atoms with Gasteiger partial charge in [0.2, 0.25) is 0 Å². The molecule has 96 valence electrons. The third-order valence-electron chi connectivity index (χ3n) is 2.77. The van der Waals surface area contributed by atoms with Crippen molar-refractivity contribution in [3.8, 4) is 0 Å². The Morgan fingerprint density at radius 3 is 3.06 bits per heavy atom. The smallest absolute Gasteiger partial charge is 0.0910 e. The van der Waals surface area contributed by atoms with Gasteiger partial charge in [0.15, 0.2) is 0 Å². The molecule has 5 nitrogen and oxygen atoms in total. The van der Waals surface area contributed by atoms with E-state index in [4.69, 9.17) is 0 Å². The summed E-state index contributed by atoms with van der Waals surface area (Å²) in [5.41, 5.74) is 2.09. The maximum absolute atomic E-state index is 4.28. The normalized spacial score (nSPS) is 14.7. The van der Waals surface area contributed by atoms with E-state index >= 15 is 0 Å². The Morgan fingerprint density at radius 2 is 2.33 bits per heavy atom. The lowest BCUT2D eigenvalue weighted by Gasteiger charge is -2.20. The number of allylic oxidation sites excluding steroid dienone is 1. The van der Waals surface area contributed by atoms with Crippen LogP contribution in [0.4, 0.5) is 0 Å². The molecule has 2 heterocycles. The molecule has 0 fully saturated rings. The minimum atomic E-state index is 0.779. The van der Waals surface area contributed by atoms with Gasteiger partial charge in [-0.3, -0.25) is 9.97 Å². The van der Waals surface area contributed by atoms with Crippen molar-refractivity contribution < 1.29 is 0 Å². The Hall–Kier alpha value is -1.75. The summed E-state index contributed by atoms with van der Waals surface area (Å²) in [5, 5.41) is 3.36. The van der Waals surface area contributed by atoms with Crippen LogP contribution in [0.5, 0.6) is 0 Å². The van der Waals surface area contributed by atoms with Crippen LogP contribution in [0.2, 0.25) is 0 Å². The maximum Gasteiger partial charge on any atom is 0.0910 e. The lowest BCUT2D eigenvalue weighted by atomic mass is 10.3. The lowest BCUT2D eigenvalue weighted by Crippen LogP contribution is -2.28. The average Bonchev–Trinajstić information content (AvgIpc) is 2.42. The van der Waals surface area contributed by atoms with Gasteiger partial charge in [-0.05, 0) is 26.0 Å². The molecule has 5 heteroatoms. The number of hydrogen-bond donors (Lipinski definition) is 1. The van der Waals surface area contributed by atoms with E-state index in [9.17, 15) is 0 Å². The standard InChI is InChI=1S/C13H19N5/c1-12-3-8-18(11-17-12)7-2-4-14-9-13-10-15-5-6-16-13/h3,5-6,10-11,14H,2,4,7-9H2,1H3. The van der Waals surface area contributed by atoms with Gasteiger partial charge in [-0.25, -0.2) is 4.99 Å². The molecule has 1 aromatic heterocycles. The Kier molecular flexibility index (Phi) is 4.84. The summed E-state index contributed by atoms with van der Waals surface area (Å²) in [5.74, 6) is 0. The molecule has 1 aliphatic heterocycles. The molecule has 0 spiro atoms. The fourth-order valence-electron chi connectivity index (χ4n) is 1.72. The highest BCUT2D eigenvalue weighted by Crippen LogP contribution is 2.02. The molecule has 0 unspecified atom stereocenters. The van der Waals surface area contributed by atoms with Crippen LogP contribution in [0, 0.1) is 0 Å². The molecule has 18 heavy (non-hydrogen) atoms. The average molecular weight is 245 g/mol. The number of nitrogens with one attached hydrogen (secondary N) is 1. The molecule has 0 saturated heterocycles. The number of nitrogens with zero attached hydrogens (tertiary/aromatic N) is 4. The van der Waals surface area contributed by atoms with Crippen LogP contribution in [-0.4, -0.2) is 40.8 Å². The SMILES string of the molecule is CC1=CCN(CCCNCc2cnccn2)C=N1. The molecule has 1 aliphatic rings. The van der Waals surface area contributed by atoms with Crippen molar-refractivity contribution >= 4 is 6.34 Å². The third kappa shape index (κ3) is 4.25. The van der Waals surface area contributed by atoms with E-state index in [1.807, 2.05) is 13.3 Å². The molecule has 0 aromatic carbocycles. The number of aliphatic imine (C=N–C) groups is 1. The number of hydrogen-bond acceptors (Lipinski definition) is 5. The van der Waals surface area contributed by atoms with Crippen LogP contribution in [0.3, 0.4) is 0 Å². The van der Waals surface area contributed by atoms with E-state index in [-0.39, 0.29) is 0 Å². The summed E-state index contributed by atoms with van der Waals surface area (Å²) in [6.07, 6.45) is 10.4. The quantitative estimate of drug-likeness (QED) is 0.765. The Morgan fingerprint density at radius 1 is 1.39 bits per heavy atom. The molecule has 0 atom stereocenters. The van der Waals surface area contributed by atoms with Crippen molar-refractivity contribution in [2.24, 2.45) is 4.99 Å². The summed E-state index contributed by atoms with van der Waals surface area (Å²) in [7, 11) is 0. The first-order valence-corrected chi connectivity index (χ1v) is 6.25. The van der Waals surface area contributed by atoms with Crippen LogP contribution in [0.1, 0.15) is 19.0 Å². The molecule has 0 saturated carbocycles. The van der Waals surface area contributed by atoms with E-state index in [1.165, 1.54) is 0 Å². The minimum Gasteiger partial charge on any atom is -0.359 e. The Balaban J connectivity index is 1.56. The van der Waals surface area contributed by atoms with E-state index in [0.29, 0.717) is 0 Å². The van der Waals surface area contributed by atoms with Crippen molar-refractivity contribution in [2.45, 2.75) is 19.9 Å². The van der Waals surface area contributed by atoms with Gasteiger partial charge in [-0.2, -0.15) is 0 Å². The predicted molar refractivity (Wildman–Crippen MR) is 72.2 cm³/mol. The first-order valence-electron chi connectivity index (χ1n) is 6.25. The second-order valence-corrected chi connectivity index (χ2v) is 4.31. The summed E-state index contributed by atoms with van der Waals surface area (Å²) in [6.45, 7) is 5.78. The van der Waals surface area contributed by atoms with Crippen molar-refractivity contribution in [1.82, 2.24) is 20.2 Å². The van der Waals surface area contributed by atoms with Crippen molar-refractivity contribution in [3.63, 3.8) is 0 Å².